The molecule has 2 aliphatic rings. The van der Waals surface area contributed by atoms with Gasteiger partial charge in [0.25, 0.3) is 0 Å². The Morgan fingerprint density at radius 2 is 2.07 bits per heavy atom. The minimum Gasteiger partial charge on any atom is -0.486 e. The molecule has 1 fully saturated rings. The summed E-state index contributed by atoms with van der Waals surface area (Å²) in [6.07, 6.45) is 1.24. The zero-order chi connectivity index (χ0) is 19.4. The first kappa shape index (κ1) is 19.1. The van der Waals surface area contributed by atoms with Gasteiger partial charge in [0.15, 0.2) is 11.5 Å². The number of carbonyl (C=O) groups excluding carboxylic acids is 3. The molecule has 1 saturated heterocycles. The fourth-order valence-electron chi connectivity index (χ4n) is 2.69. The van der Waals surface area contributed by atoms with E-state index in [1.54, 1.807) is 32.0 Å². The first-order chi connectivity index (χ1) is 13.0. The molecule has 0 bridgehead atoms. The number of anilines is 1. The Balaban J connectivity index is 1.72. The maximum absolute atomic E-state index is 12.6. The van der Waals surface area contributed by atoms with Crippen molar-refractivity contribution in [2.75, 3.05) is 30.9 Å². The third-order valence-electron chi connectivity index (χ3n) is 3.95. The van der Waals surface area contributed by atoms with Crippen LogP contribution >= 0.6 is 11.8 Å². The third-order valence-corrected chi connectivity index (χ3v) is 4.96. The second-order valence-corrected chi connectivity index (χ2v) is 6.81. The van der Waals surface area contributed by atoms with E-state index in [-0.39, 0.29) is 24.2 Å². The van der Waals surface area contributed by atoms with Crippen LogP contribution in [-0.4, -0.2) is 54.3 Å². The Morgan fingerprint density at radius 1 is 1.33 bits per heavy atom. The van der Waals surface area contributed by atoms with Crippen molar-refractivity contribution in [1.29, 1.82) is 0 Å². The lowest BCUT2D eigenvalue weighted by atomic mass is 10.2. The number of fused-ring (bicyclic) bond motifs is 1. The number of nitrogens with zero attached hydrogens (tertiary/aromatic N) is 1. The Kier molecular flexibility index (Phi) is 5.90. The lowest BCUT2D eigenvalue weighted by Crippen LogP contribution is -2.42. The predicted molar refractivity (Wildman–Crippen MR) is 99.5 cm³/mol. The van der Waals surface area contributed by atoms with Crippen LogP contribution < -0.4 is 14.8 Å². The standard InChI is InChI=1S/C18H20N2O6S/c1-3-24-17(22)9-16-20(15(21)10-27-16)11(2)18(23)19-12-4-5-13-14(8-12)26-7-6-25-13/h4-5,8-9,11H,3,6-7,10H2,1-2H3,(H,19,23)/b16-9-. The Labute approximate surface area is 160 Å². The molecule has 1 unspecified atom stereocenters. The minimum atomic E-state index is -0.790. The van der Waals surface area contributed by atoms with Crippen molar-refractivity contribution >= 4 is 35.2 Å². The van der Waals surface area contributed by atoms with E-state index in [0.717, 1.165) is 0 Å². The molecule has 9 heteroatoms. The van der Waals surface area contributed by atoms with Crippen LogP contribution in [-0.2, 0) is 19.1 Å². The molecule has 1 aromatic rings. The van der Waals surface area contributed by atoms with Crippen LogP contribution in [0.1, 0.15) is 13.8 Å². The van der Waals surface area contributed by atoms with Crippen molar-refractivity contribution in [2.24, 2.45) is 0 Å². The van der Waals surface area contributed by atoms with Crippen LogP contribution in [0.3, 0.4) is 0 Å². The highest BCUT2D eigenvalue weighted by Gasteiger charge is 2.35. The van der Waals surface area contributed by atoms with Gasteiger partial charge in [-0.1, -0.05) is 11.8 Å². The minimum absolute atomic E-state index is 0.173. The van der Waals surface area contributed by atoms with Crippen molar-refractivity contribution < 1.29 is 28.6 Å². The Bertz CT molecular complexity index is 794. The van der Waals surface area contributed by atoms with E-state index in [4.69, 9.17) is 14.2 Å². The van der Waals surface area contributed by atoms with Crippen LogP contribution in [0, 0.1) is 0 Å². The summed E-state index contributed by atoms with van der Waals surface area (Å²) in [5.74, 6) is 0.199. The number of esters is 1. The zero-order valence-corrected chi connectivity index (χ0v) is 15.8. The van der Waals surface area contributed by atoms with Gasteiger partial charge in [0, 0.05) is 11.8 Å². The van der Waals surface area contributed by atoms with Crippen molar-refractivity contribution in [2.45, 2.75) is 19.9 Å². The van der Waals surface area contributed by atoms with Gasteiger partial charge in [-0.05, 0) is 26.0 Å². The van der Waals surface area contributed by atoms with Gasteiger partial charge in [0.05, 0.1) is 23.5 Å². The molecule has 1 atom stereocenters. The largest absolute Gasteiger partial charge is 0.486 e. The van der Waals surface area contributed by atoms with Gasteiger partial charge >= 0.3 is 5.97 Å². The molecular formula is C18H20N2O6S. The quantitative estimate of drug-likeness (QED) is 0.603. The third kappa shape index (κ3) is 4.36. The van der Waals surface area contributed by atoms with Crippen LogP contribution in [0.4, 0.5) is 5.69 Å². The van der Waals surface area contributed by atoms with Crippen molar-refractivity contribution in [3.8, 4) is 11.5 Å². The van der Waals surface area contributed by atoms with Crippen molar-refractivity contribution in [3.05, 3.63) is 29.3 Å². The number of carbonyl (C=O) groups is 3. The summed E-state index contributed by atoms with van der Waals surface area (Å²) in [4.78, 5) is 37.9. The predicted octanol–water partition coefficient (Wildman–Crippen LogP) is 1.76. The highest BCUT2D eigenvalue weighted by atomic mass is 32.2. The molecular weight excluding hydrogens is 372 g/mol. The lowest BCUT2D eigenvalue weighted by molar-refractivity contribution is -0.137. The molecule has 8 nitrogen and oxygen atoms in total. The topological polar surface area (TPSA) is 94.2 Å². The molecule has 1 aromatic carbocycles. The second-order valence-electron chi connectivity index (χ2n) is 5.81. The number of nitrogens with one attached hydrogen (secondary N) is 1. The molecule has 0 saturated carbocycles. The van der Waals surface area contributed by atoms with Gasteiger partial charge in [0.2, 0.25) is 11.8 Å². The van der Waals surface area contributed by atoms with Crippen LogP contribution in [0.25, 0.3) is 0 Å². The van der Waals surface area contributed by atoms with Gasteiger partial charge in [-0.3, -0.25) is 14.5 Å². The molecule has 0 radical (unpaired) electrons. The summed E-state index contributed by atoms with van der Waals surface area (Å²) in [6, 6.07) is 4.31. The molecule has 2 heterocycles. The molecule has 144 valence electrons. The monoisotopic (exact) mass is 392 g/mol. The van der Waals surface area contributed by atoms with Gasteiger partial charge in [-0.15, -0.1) is 0 Å². The highest BCUT2D eigenvalue weighted by Crippen LogP contribution is 2.34. The number of amides is 2. The van der Waals surface area contributed by atoms with E-state index < -0.39 is 12.0 Å². The van der Waals surface area contributed by atoms with Crippen LogP contribution in [0.15, 0.2) is 29.3 Å². The Hall–Kier alpha value is -2.68. The summed E-state index contributed by atoms with van der Waals surface area (Å²) < 4.78 is 15.8. The fourth-order valence-corrected chi connectivity index (χ4v) is 3.67. The number of hydrogen-bond donors (Lipinski definition) is 1. The number of rotatable bonds is 5. The van der Waals surface area contributed by atoms with Gasteiger partial charge in [-0.25, -0.2) is 4.79 Å². The van der Waals surface area contributed by atoms with E-state index >= 15 is 0 Å². The van der Waals surface area contributed by atoms with Crippen LogP contribution in [0.5, 0.6) is 11.5 Å². The summed E-state index contributed by atoms with van der Waals surface area (Å²) in [5, 5.41) is 3.17. The molecule has 1 N–H and O–H groups in total. The fraction of sp³-hybridized carbons (Fsp3) is 0.389. The number of thioether (sulfide) groups is 1. The second kappa shape index (κ2) is 8.34. The average Bonchev–Trinajstić information content (AvgIpc) is 3.01. The first-order valence-electron chi connectivity index (χ1n) is 8.53. The van der Waals surface area contributed by atoms with E-state index in [0.29, 0.717) is 35.4 Å². The molecule has 3 rings (SSSR count). The number of hydrogen-bond acceptors (Lipinski definition) is 7. The summed E-state index contributed by atoms with van der Waals surface area (Å²) >= 11 is 1.20. The van der Waals surface area contributed by atoms with Gasteiger partial charge < -0.3 is 19.5 Å². The molecule has 27 heavy (non-hydrogen) atoms. The van der Waals surface area contributed by atoms with Crippen molar-refractivity contribution in [3.63, 3.8) is 0 Å². The highest BCUT2D eigenvalue weighted by molar-refractivity contribution is 8.04. The molecule has 0 spiro atoms. The van der Waals surface area contributed by atoms with E-state index in [1.165, 1.54) is 22.7 Å². The number of benzene rings is 1. The van der Waals surface area contributed by atoms with E-state index in [2.05, 4.69) is 5.32 Å². The van der Waals surface area contributed by atoms with Gasteiger partial charge in [0.1, 0.15) is 19.3 Å². The molecule has 0 aliphatic carbocycles. The maximum Gasteiger partial charge on any atom is 0.333 e. The first-order valence-corrected chi connectivity index (χ1v) is 9.52. The molecule has 2 amide bonds. The summed E-state index contributed by atoms with van der Waals surface area (Å²) in [5.41, 5.74) is 0.534. The SMILES string of the molecule is CCOC(=O)/C=C1\SCC(=O)N1C(C)C(=O)Nc1ccc2c(c1)OCCO2. The normalized spacial score (nSPS) is 18.4. The number of ether oxygens (including phenoxy) is 3. The van der Waals surface area contributed by atoms with E-state index in [9.17, 15) is 14.4 Å². The lowest BCUT2D eigenvalue weighted by Gasteiger charge is -2.24. The molecule has 2 aliphatic heterocycles. The smallest absolute Gasteiger partial charge is 0.333 e. The summed E-state index contributed by atoms with van der Waals surface area (Å²) in [7, 11) is 0. The van der Waals surface area contributed by atoms with Crippen LogP contribution in [0.2, 0.25) is 0 Å². The average molecular weight is 392 g/mol. The molecule has 0 aromatic heterocycles. The van der Waals surface area contributed by atoms with E-state index in [1.807, 2.05) is 0 Å². The van der Waals surface area contributed by atoms with Gasteiger partial charge in [-0.2, -0.15) is 0 Å². The summed E-state index contributed by atoms with van der Waals surface area (Å²) in [6.45, 7) is 4.48. The maximum atomic E-state index is 12.6. The zero-order valence-electron chi connectivity index (χ0n) is 15.0. The Morgan fingerprint density at radius 3 is 2.81 bits per heavy atom. The van der Waals surface area contributed by atoms with Crippen molar-refractivity contribution in [1.82, 2.24) is 4.90 Å².